The van der Waals surface area contributed by atoms with Gasteiger partial charge in [-0.25, -0.2) is 15.0 Å². The van der Waals surface area contributed by atoms with Gasteiger partial charge in [-0.05, 0) is 99.0 Å². The van der Waals surface area contributed by atoms with E-state index in [1.807, 2.05) is 54.9 Å². The number of carbonyl (C=O) groups is 3. The summed E-state index contributed by atoms with van der Waals surface area (Å²) in [6, 6.07) is 23.5. The summed E-state index contributed by atoms with van der Waals surface area (Å²) < 4.78 is 3.22. The number of hydrogen-bond donors (Lipinski definition) is 3. The van der Waals surface area contributed by atoms with Gasteiger partial charge in [0, 0.05) is 74.8 Å². The Balaban J connectivity index is 0.667. The summed E-state index contributed by atoms with van der Waals surface area (Å²) in [6.45, 7) is 6.93. The highest BCUT2D eigenvalue weighted by Crippen LogP contribution is 2.36. The molecule has 1 saturated carbocycles. The number of piperazine rings is 1. The van der Waals surface area contributed by atoms with Gasteiger partial charge in [0.2, 0.25) is 11.8 Å². The van der Waals surface area contributed by atoms with E-state index in [2.05, 4.69) is 79.8 Å². The van der Waals surface area contributed by atoms with Crippen molar-refractivity contribution >= 4 is 62.7 Å². The van der Waals surface area contributed by atoms with Gasteiger partial charge in [0.1, 0.15) is 17.9 Å². The highest BCUT2D eigenvalue weighted by Gasteiger charge is 2.34. The van der Waals surface area contributed by atoms with E-state index in [1.54, 1.807) is 6.33 Å². The average molecular weight is 850 g/mol. The van der Waals surface area contributed by atoms with Crippen LogP contribution in [-0.2, 0) is 20.8 Å². The first-order valence-corrected chi connectivity index (χ1v) is 22.1. The molecule has 1 atom stereocenters. The van der Waals surface area contributed by atoms with Gasteiger partial charge >= 0.3 is 0 Å². The number of aromatic nitrogens is 7. The van der Waals surface area contributed by atoms with Crippen molar-refractivity contribution in [3.63, 3.8) is 0 Å². The number of rotatable bonds is 12. The Bertz CT molecular complexity index is 2680. The number of fused-ring (bicyclic) bond motifs is 2. The van der Waals surface area contributed by atoms with Crippen LogP contribution in [0.5, 0.6) is 0 Å². The van der Waals surface area contributed by atoms with Gasteiger partial charge in [0.25, 0.3) is 11.5 Å². The molecule has 4 fully saturated rings. The van der Waals surface area contributed by atoms with Crippen LogP contribution in [0.1, 0.15) is 62.6 Å². The van der Waals surface area contributed by atoms with Crippen LogP contribution in [-0.4, -0.2) is 109 Å². The lowest BCUT2D eigenvalue weighted by molar-refractivity contribution is -0.136. The summed E-state index contributed by atoms with van der Waals surface area (Å²) in [5.74, 6) is 0.511. The molecule has 3 saturated heterocycles. The molecular formula is C46H51N13O4. The highest BCUT2D eigenvalue weighted by molar-refractivity contribution is 5.99. The van der Waals surface area contributed by atoms with Crippen molar-refractivity contribution in [1.82, 2.24) is 50.0 Å². The van der Waals surface area contributed by atoms with E-state index < -0.39 is 11.9 Å². The molecule has 3 aliphatic heterocycles. The number of nitrogens with one attached hydrogen (secondary N) is 3. The Labute approximate surface area is 363 Å². The molecule has 0 radical (unpaired) electrons. The lowest BCUT2D eigenvalue weighted by Crippen LogP contribution is -2.47. The Morgan fingerprint density at radius 3 is 2.35 bits per heavy atom. The van der Waals surface area contributed by atoms with E-state index in [0.717, 1.165) is 104 Å². The number of benzene rings is 3. The van der Waals surface area contributed by atoms with Crippen molar-refractivity contribution < 1.29 is 14.4 Å². The number of amides is 3. The van der Waals surface area contributed by atoms with Crippen LogP contribution >= 0.6 is 0 Å². The van der Waals surface area contributed by atoms with E-state index in [1.165, 1.54) is 12.1 Å². The van der Waals surface area contributed by atoms with E-state index in [-0.39, 0.29) is 42.3 Å². The van der Waals surface area contributed by atoms with Crippen molar-refractivity contribution in [3.8, 4) is 0 Å². The van der Waals surface area contributed by atoms with Crippen LogP contribution < -0.4 is 31.3 Å². The quantitative estimate of drug-likeness (QED) is 0.149. The average Bonchev–Trinajstić information content (AvgIpc) is 3.73. The SMILES string of the molecule is O=C1CC[C@H](n2nnc3ccc(N4CCC(CCN5CCN(c6ccc(Nc7ncnc8c7ncn8C7CC(NC(=O)Cc8ccccc8)C7)cc6)CC5)CC4)cc3c2=O)C(=O)N1. The fourth-order valence-corrected chi connectivity index (χ4v) is 9.53. The number of hydrogen-bond acceptors (Lipinski definition) is 13. The number of piperidine rings is 2. The zero-order valence-electron chi connectivity index (χ0n) is 35.1. The molecule has 17 heteroatoms. The maximum Gasteiger partial charge on any atom is 0.278 e. The van der Waals surface area contributed by atoms with E-state index in [9.17, 15) is 19.2 Å². The summed E-state index contributed by atoms with van der Waals surface area (Å²) in [5.41, 5.74) is 5.76. The van der Waals surface area contributed by atoms with Gasteiger partial charge in [-0.1, -0.05) is 35.5 Å². The fraction of sp³-hybridized carbons (Fsp3) is 0.413. The molecule has 4 aliphatic rings. The van der Waals surface area contributed by atoms with Gasteiger partial charge in [0.05, 0.1) is 18.1 Å². The Morgan fingerprint density at radius 2 is 1.57 bits per heavy atom. The van der Waals surface area contributed by atoms with Gasteiger partial charge < -0.3 is 25.0 Å². The molecule has 17 nitrogen and oxygen atoms in total. The van der Waals surface area contributed by atoms with Crippen molar-refractivity contribution in [3.05, 3.63) is 101 Å². The minimum atomic E-state index is -0.839. The first kappa shape index (κ1) is 40.3. The molecule has 324 valence electrons. The Hall–Kier alpha value is -6.75. The molecule has 3 N–H and O–H groups in total. The molecule has 0 bridgehead atoms. The second kappa shape index (κ2) is 17.6. The second-order valence-electron chi connectivity index (χ2n) is 17.3. The lowest BCUT2D eigenvalue weighted by Gasteiger charge is -2.38. The fourth-order valence-electron chi connectivity index (χ4n) is 9.53. The normalized spacial score (nSPS) is 21.0. The maximum atomic E-state index is 13.4. The minimum Gasteiger partial charge on any atom is -0.371 e. The number of imidazole rings is 1. The molecular weight excluding hydrogens is 799 g/mol. The highest BCUT2D eigenvalue weighted by atomic mass is 16.2. The smallest absolute Gasteiger partial charge is 0.278 e. The maximum absolute atomic E-state index is 13.4. The van der Waals surface area contributed by atoms with Crippen molar-refractivity contribution in [2.75, 3.05) is 60.9 Å². The summed E-state index contributed by atoms with van der Waals surface area (Å²) in [7, 11) is 0. The van der Waals surface area contributed by atoms with Crippen LogP contribution in [0, 0.1) is 5.92 Å². The number of imide groups is 1. The van der Waals surface area contributed by atoms with Crippen LogP contribution in [0.3, 0.4) is 0 Å². The van der Waals surface area contributed by atoms with Crippen LogP contribution in [0.25, 0.3) is 22.1 Å². The standard InChI is InChI=1S/C46H51N13O4/c60-40-13-12-39(45(62)52-40)59-46(63)37-27-35(10-11-38(37)53-54-59)56-18-15-30(16-19-56)14-17-55-20-22-57(23-21-55)34-8-6-32(7-9-34)51-43-42-44(48-28-47-43)58(29-49-42)36-25-33(26-36)50-41(61)24-31-4-2-1-3-5-31/h1-11,27-30,33,36,39H,12-26H2,(H,50,61)(H,47,48,51)(H,52,60,62)/t33?,36?,39-/m0/s1. The molecule has 63 heavy (non-hydrogen) atoms. The van der Waals surface area contributed by atoms with Gasteiger partial charge in [0.15, 0.2) is 17.0 Å². The lowest BCUT2D eigenvalue weighted by atomic mass is 9.86. The summed E-state index contributed by atoms with van der Waals surface area (Å²) in [4.78, 5) is 71.2. The first-order valence-electron chi connectivity index (χ1n) is 22.1. The van der Waals surface area contributed by atoms with E-state index in [0.29, 0.717) is 29.1 Å². The van der Waals surface area contributed by atoms with Gasteiger partial charge in [-0.2, -0.15) is 4.68 Å². The first-order chi connectivity index (χ1) is 30.8. The second-order valence-corrected chi connectivity index (χ2v) is 17.3. The molecule has 3 aromatic carbocycles. The van der Waals surface area contributed by atoms with Gasteiger partial charge in [-0.15, -0.1) is 5.10 Å². The van der Waals surface area contributed by atoms with E-state index in [4.69, 9.17) is 4.98 Å². The zero-order chi connectivity index (χ0) is 42.9. The number of nitrogens with zero attached hydrogens (tertiary/aromatic N) is 10. The van der Waals surface area contributed by atoms with Gasteiger partial charge in [-0.3, -0.25) is 29.4 Å². The number of carbonyl (C=O) groups excluding carboxylic acids is 3. The predicted octanol–water partition coefficient (Wildman–Crippen LogP) is 4.14. The van der Waals surface area contributed by atoms with Crippen molar-refractivity contribution in [1.29, 1.82) is 0 Å². The topological polar surface area (TPSA) is 188 Å². The largest absolute Gasteiger partial charge is 0.371 e. The van der Waals surface area contributed by atoms with Crippen LogP contribution in [0.2, 0.25) is 0 Å². The third-order valence-electron chi connectivity index (χ3n) is 13.3. The minimum absolute atomic E-state index is 0.0493. The molecule has 1 aliphatic carbocycles. The summed E-state index contributed by atoms with van der Waals surface area (Å²) in [5, 5.41) is 17.6. The molecule has 6 heterocycles. The van der Waals surface area contributed by atoms with Crippen LogP contribution in [0.4, 0.5) is 22.9 Å². The van der Waals surface area contributed by atoms with Crippen LogP contribution in [0.15, 0.2) is 90.2 Å². The zero-order valence-corrected chi connectivity index (χ0v) is 35.1. The van der Waals surface area contributed by atoms with Crippen molar-refractivity contribution in [2.24, 2.45) is 5.92 Å². The summed E-state index contributed by atoms with van der Waals surface area (Å²) >= 11 is 0. The third kappa shape index (κ3) is 8.69. The van der Waals surface area contributed by atoms with Crippen molar-refractivity contribution in [2.45, 2.75) is 69.5 Å². The predicted molar refractivity (Wildman–Crippen MR) is 239 cm³/mol. The molecule has 3 aromatic heterocycles. The molecule has 10 rings (SSSR count). The van der Waals surface area contributed by atoms with E-state index >= 15 is 0 Å². The third-order valence-corrected chi connectivity index (χ3v) is 13.3. The monoisotopic (exact) mass is 849 g/mol. The Morgan fingerprint density at radius 1 is 0.810 bits per heavy atom. The molecule has 6 aromatic rings. The summed E-state index contributed by atoms with van der Waals surface area (Å²) in [6.07, 6.45) is 9.22. The Kier molecular flexibility index (Phi) is 11.2. The molecule has 0 unspecified atom stereocenters. The number of anilines is 4. The molecule has 0 spiro atoms. The molecule has 3 amide bonds.